The van der Waals surface area contributed by atoms with Crippen molar-refractivity contribution in [1.82, 2.24) is 5.32 Å². The Morgan fingerprint density at radius 1 is 0.556 bits per heavy atom. The van der Waals surface area contributed by atoms with E-state index < -0.39 is 12.1 Å². The molecule has 256 valence electrons. The lowest BCUT2D eigenvalue weighted by Gasteiger charge is -2.19. The summed E-state index contributed by atoms with van der Waals surface area (Å²) in [6, 6.07) is -0.656. The van der Waals surface area contributed by atoms with Crippen LogP contribution in [0.1, 0.15) is 149 Å². The van der Waals surface area contributed by atoms with Crippen LogP contribution in [0.15, 0.2) is 85.1 Å². The molecule has 2 atom stereocenters. The molecule has 0 aliphatic heterocycles. The van der Waals surface area contributed by atoms with Gasteiger partial charge in [-0.15, -0.1) is 0 Å². The number of nitrogens with one attached hydrogen (secondary N) is 1. The number of unbranched alkanes of at least 4 members (excludes halogenated alkanes) is 12. The summed E-state index contributed by atoms with van der Waals surface area (Å²) >= 11 is 0. The van der Waals surface area contributed by atoms with Gasteiger partial charge in [-0.1, -0.05) is 144 Å². The third-order valence-electron chi connectivity index (χ3n) is 7.59. The van der Waals surface area contributed by atoms with Crippen LogP contribution in [0.4, 0.5) is 0 Å². The number of allylic oxidation sites excluding steroid dienone is 13. The molecule has 4 heteroatoms. The van der Waals surface area contributed by atoms with Crippen molar-refractivity contribution in [3.8, 4) is 0 Å². The molecule has 0 aliphatic carbocycles. The van der Waals surface area contributed by atoms with Crippen molar-refractivity contribution in [2.45, 2.75) is 161 Å². The molecule has 0 saturated heterocycles. The number of aliphatic hydroxyl groups is 2. The Labute approximate surface area is 278 Å². The summed E-state index contributed by atoms with van der Waals surface area (Å²) < 4.78 is 0. The fourth-order valence-electron chi connectivity index (χ4n) is 4.79. The average Bonchev–Trinajstić information content (AvgIpc) is 3.04. The molecule has 0 saturated carbocycles. The van der Waals surface area contributed by atoms with Gasteiger partial charge in [-0.3, -0.25) is 4.79 Å². The van der Waals surface area contributed by atoms with E-state index in [1.54, 1.807) is 6.08 Å². The zero-order valence-corrected chi connectivity index (χ0v) is 29.1. The second kappa shape index (κ2) is 36.0. The van der Waals surface area contributed by atoms with Gasteiger partial charge in [0.05, 0.1) is 18.8 Å². The van der Waals surface area contributed by atoms with Crippen LogP contribution in [-0.2, 0) is 4.79 Å². The molecular weight excluding hydrogens is 554 g/mol. The maximum Gasteiger partial charge on any atom is 0.220 e. The second-order valence-electron chi connectivity index (χ2n) is 11.9. The molecule has 1 amide bonds. The van der Waals surface area contributed by atoms with Crippen LogP contribution in [0, 0.1) is 0 Å². The SMILES string of the molecule is CC/C=C\C/C=C\C/C=C\C/C=C\CCCCCCCCC(=O)NC(CO)C(O)/C=C/CC/C=C/CC/C=C/CCCCCC. The summed E-state index contributed by atoms with van der Waals surface area (Å²) in [5.41, 5.74) is 0. The molecule has 3 N–H and O–H groups in total. The molecule has 45 heavy (non-hydrogen) atoms. The fraction of sp³-hybridized carbons (Fsp3) is 0.634. The van der Waals surface area contributed by atoms with Gasteiger partial charge in [0.1, 0.15) is 0 Å². The number of aliphatic hydroxyl groups excluding tert-OH is 2. The number of hydrogen-bond acceptors (Lipinski definition) is 3. The Morgan fingerprint density at radius 2 is 1.00 bits per heavy atom. The van der Waals surface area contributed by atoms with Gasteiger partial charge in [0.2, 0.25) is 5.91 Å². The Balaban J connectivity index is 3.76. The molecule has 0 rings (SSSR count). The van der Waals surface area contributed by atoms with Gasteiger partial charge >= 0.3 is 0 Å². The highest BCUT2D eigenvalue weighted by Gasteiger charge is 2.17. The largest absolute Gasteiger partial charge is 0.394 e. The average molecular weight is 624 g/mol. The number of amides is 1. The molecule has 0 aromatic heterocycles. The van der Waals surface area contributed by atoms with E-state index in [4.69, 9.17) is 0 Å². The van der Waals surface area contributed by atoms with Crippen molar-refractivity contribution in [2.24, 2.45) is 0 Å². The van der Waals surface area contributed by atoms with Gasteiger partial charge in [0.15, 0.2) is 0 Å². The monoisotopic (exact) mass is 624 g/mol. The number of carbonyl (C=O) groups is 1. The first-order valence-corrected chi connectivity index (χ1v) is 18.3. The molecule has 0 bridgehead atoms. The van der Waals surface area contributed by atoms with Crippen LogP contribution < -0.4 is 5.32 Å². The lowest BCUT2D eigenvalue weighted by Crippen LogP contribution is -2.45. The standard InChI is InChI=1S/C41H69NO3/c1-3-5-7-9-11-13-15-17-19-20-21-22-23-25-27-29-31-33-35-37-41(45)42-39(38-43)40(44)36-34-32-30-28-26-24-18-16-14-12-10-8-6-4-2/h5,7,11,13-14,16-17,19,21-22,26,28,34,36,39-40,43-44H,3-4,6,8-10,12,15,18,20,23-25,27,29-33,35,37-38H2,1-2H3,(H,42,45)/b7-5-,13-11-,16-14+,19-17-,22-21-,28-26+,36-34+. The lowest BCUT2D eigenvalue weighted by atomic mass is 10.1. The molecular formula is C41H69NO3. The summed E-state index contributed by atoms with van der Waals surface area (Å²) in [7, 11) is 0. The summed E-state index contributed by atoms with van der Waals surface area (Å²) in [6.07, 6.45) is 52.3. The van der Waals surface area contributed by atoms with E-state index in [2.05, 4.69) is 92.1 Å². The van der Waals surface area contributed by atoms with E-state index >= 15 is 0 Å². The van der Waals surface area contributed by atoms with Crippen LogP contribution in [0.3, 0.4) is 0 Å². The van der Waals surface area contributed by atoms with E-state index in [0.29, 0.717) is 6.42 Å². The van der Waals surface area contributed by atoms with E-state index in [1.165, 1.54) is 51.4 Å². The topological polar surface area (TPSA) is 69.6 Å². The summed E-state index contributed by atoms with van der Waals surface area (Å²) in [6.45, 7) is 4.12. The molecule has 0 spiro atoms. The van der Waals surface area contributed by atoms with E-state index in [0.717, 1.165) is 77.0 Å². The summed E-state index contributed by atoms with van der Waals surface area (Å²) in [5.74, 6) is -0.0984. The van der Waals surface area contributed by atoms with Crippen LogP contribution in [0.5, 0.6) is 0 Å². The smallest absolute Gasteiger partial charge is 0.220 e. The second-order valence-corrected chi connectivity index (χ2v) is 11.9. The number of carbonyl (C=O) groups excluding carboxylic acids is 1. The van der Waals surface area contributed by atoms with Gasteiger partial charge in [0.25, 0.3) is 0 Å². The van der Waals surface area contributed by atoms with Gasteiger partial charge < -0.3 is 15.5 Å². The minimum absolute atomic E-state index is 0.0984. The molecule has 4 nitrogen and oxygen atoms in total. The van der Waals surface area contributed by atoms with Crippen LogP contribution in [0.25, 0.3) is 0 Å². The third kappa shape index (κ3) is 32.8. The van der Waals surface area contributed by atoms with E-state index in [1.807, 2.05) is 6.08 Å². The van der Waals surface area contributed by atoms with Crippen LogP contribution in [-0.4, -0.2) is 34.9 Å². The molecule has 2 unspecified atom stereocenters. The van der Waals surface area contributed by atoms with Crippen molar-refractivity contribution in [2.75, 3.05) is 6.61 Å². The molecule has 0 aliphatic rings. The van der Waals surface area contributed by atoms with Crippen molar-refractivity contribution >= 4 is 5.91 Å². The van der Waals surface area contributed by atoms with Crippen molar-refractivity contribution in [3.05, 3.63) is 85.1 Å². The zero-order valence-electron chi connectivity index (χ0n) is 29.1. The quantitative estimate of drug-likeness (QED) is 0.0531. The first-order chi connectivity index (χ1) is 22.2. The van der Waals surface area contributed by atoms with Gasteiger partial charge in [-0.25, -0.2) is 0 Å². The number of hydrogen-bond donors (Lipinski definition) is 3. The van der Waals surface area contributed by atoms with Crippen LogP contribution >= 0.6 is 0 Å². The van der Waals surface area contributed by atoms with Crippen LogP contribution in [0.2, 0.25) is 0 Å². The van der Waals surface area contributed by atoms with Crippen molar-refractivity contribution < 1.29 is 15.0 Å². The molecule has 0 radical (unpaired) electrons. The first-order valence-electron chi connectivity index (χ1n) is 18.3. The van der Waals surface area contributed by atoms with E-state index in [-0.39, 0.29) is 12.5 Å². The van der Waals surface area contributed by atoms with Gasteiger partial charge in [-0.05, 0) is 83.5 Å². The summed E-state index contributed by atoms with van der Waals surface area (Å²) in [5, 5.41) is 22.8. The zero-order chi connectivity index (χ0) is 32.9. The Morgan fingerprint density at radius 3 is 1.56 bits per heavy atom. The summed E-state index contributed by atoms with van der Waals surface area (Å²) in [4.78, 5) is 12.3. The molecule has 0 fully saturated rings. The third-order valence-corrected chi connectivity index (χ3v) is 7.59. The Hall–Kier alpha value is -2.43. The highest BCUT2D eigenvalue weighted by atomic mass is 16.3. The molecule has 0 aromatic rings. The fourth-order valence-corrected chi connectivity index (χ4v) is 4.79. The van der Waals surface area contributed by atoms with Crippen molar-refractivity contribution in [3.63, 3.8) is 0 Å². The van der Waals surface area contributed by atoms with Gasteiger partial charge in [-0.2, -0.15) is 0 Å². The lowest BCUT2D eigenvalue weighted by molar-refractivity contribution is -0.123. The molecule has 0 aromatic carbocycles. The normalized spacial score (nSPS) is 14.1. The Kier molecular flexibility index (Phi) is 34.1. The maximum absolute atomic E-state index is 12.3. The predicted octanol–water partition coefficient (Wildman–Crippen LogP) is 10.9. The first kappa shape index (κ1) is 42.6. The maximum atomic E-state index is 12.3. The predicted molar refractivity (Wildman–Crippen MR) is 197 cm³/mol. The minimum atomic E-state index is -0.879. The number of rotatable bonds is 31. The van der Waals surface area contributed by atoms with Crippen molar-refractivity contribution in [1.29, 1.82) is 0 Å². The highest BCUT2D eigenvalue weighted by Crippen LogP contribution is 2.10. The highest BCUT2D eigenvalue weighted by molar-refractivity contribution is 5.76. The molecule has 0 heterocycles. The van der Waals surface area contributed by atoms with E-state index in [9.17, 15) is 15.0 Å². The van der Waals surface area contributed by atoms with Gasteiger partial charge in [0, 0.05) is 6.42 Å². The Bertz CT molecular complexity index is 849. The minimum Gasteiger partial charge on any atom is -0.394 e.